The molecule has 43 heavy (non-hydrogen) atoms. The van der Waals surface area contributed by atoms with Gasteiger partial charge in [-0.05, 0) is 73.4 Å². The number of hydrogen-bond donors (Lipinski definition) is 1. The summed E-state index contributed by atoms with van der Waals surface area (Å²) in [6, 6.07) is 25.4. The van der Waals surface area contributed by atoms with E-state index in [4.69, 9.17) is 9.59 Å². The van der Waals surface area contributed by atoms with Crippen molar-refractivity contribution in [1.29, 1.82) is 0 Å². The molecule has 1 N–H and O–H groups in total. The second kappa shape index (κ2) is 12.9. The summed E-state index contributed by atoms with van der Waals surface area (Å²) >= 11 is 0. The minimum Gasteiger partial charge on any atom is -0.345 e. The van der Waals surface area contributed by atoms with Gasteiger partial charge in [0.15, 0.2) is 0 Å². The first-order valence-electron chi connectivity index (χ1n) is 13.4. The molecule has 9 heteroatoms. The third kappa shape index (κ3) is 6.74. The van der Waals surface area contributed by atoms with Gasteiger partial charge in [-0.25, -0.2) is 4.39 Å². The van der Waals surface area contributed by atoms with Crippen molar-refractivity contribution in [3.8, 4) is 11.1 Å². The number of aromatic nitrogens is 1. The van der Waals surface area contributed by atoms with Crippen molar-refractivity contribution in [2.24, 2.45) is 0 Å². The quantitative estimate of drug-likeness (QED) is 0.204. The van der Waals surface area contributed by atoms with Crippen LogP contribution in [0.15, 0.2) is 91.0 Å². The van der Waals surface area contributed by atoms with Crippen molar-refractivity contribution in [2.45, 2.75) is 39.5 Å². The van der Waals surface area contributed by atoms with E-state index in [1.54, 1.807) is 12.1 Å². The molecule has 0 unspecified atom stereocenters. The molecule has 1 heterocycles. The number of halogens is 4. The van der Waals surface area contributed by atoms with Gasteiger partial charge in [0, 0.05) is 34.3 Å². The van der Waals surface area contributed by atoms with Crippen LogP contribution in [0.3, 0.4) is 0 Å². The molecule has 5 nitrogen and oxygen atoms in total. The molecular weight excluding hydrogens is 560 g/mol. The van der Waals surface area contributed by atoms with Crippen molar-refractivity contribution in [3.05, 3.63) is 130 Å². The van der Waals surface area contributed by atoms with Gasteiger partial charge in [0.1, 0.15) is 5.82 Å². The molecular formula is C34H28F4N2O3. The maximum absolute atomic E-state index is 14.4. The number of rotatable bonds is 6. The Hall–Kier alpha value is -5.01. The number of benzene rings is 4. The van der Waals surface area contributed by atoms with Crippen molar-refractivity contribution < 1.29 is 31.9 Å². The molecule has 0 aliphatic carbocycles. The summed E-state index contributed by atoms with van der Waals surface area (Å²) in [4.78, 5) is 29.3. The van der Waals surface area contributed by atoms with E-state index >= 15 is 0 Å². The Balaban J connectivity index is 0.00000135. The average Bonchev–Trinajstić information content (AvgIpc) is 3.22. The topological polar surface area (TPSA) is 68.2 Å². The standard InChI is InChI=1S/C33H28F4N2O.CO2/c1-20-22(3)39(19-23-12-14-25(15-13-23)24-8-5-4-6-9-24)30-17-16-26(18-27(20)30)32(40)38-21(2)31-28(33(35,36)37)10-7-11-29(31)34;2-1-3/h4-18,21H,19H2,1-3H3,(H,38,40);/t21-;/m1./s1. The molecule has 0 aliphatic rings. The van der Waals surface area contributed by atoms with Crippen LogP contribution >= 0.6 is 0 Å². The number of nitrogens with one attached hydrogen (secondary N) is 1. The van der Waals surface area contributed by atoms with E-state index in [1.165, 1.54) is 6.92 Å². The lowest BCUT2D eigenvalue weighted by Gasteiger charge is -2.20. The van der Waals surface area contributed by atoms with E-state index in [0.29, 0.717) is 6.54 Å². The molecule has 0 saturated heterocycles. The number of nitrogens with zero attached hydrogens (tertiary/aromatic N) is 1. The van der Waals surface area contributed by atoms with Gasteiger partial charge in [0.05, 0.1) is 11.6 Å². The van der Waals surface area contributed by atoms with E-state index in [-0.39, 0.29) is 11.7 Å². The van der Waals surface area contributed by atoms with Gasteiger partial charge < -0.3 is 9.88 Å². The Kier molecular flexibility index (Phi) is 9.27. The molecule has 0 saturated carbocycles. The minimum atomic E-state index is -4.74. The number of carbonyl (C=O) groups excluding carboxylic acids is 3. The first kappa shape index (κ1) is 30.9. The number of carbonyl (C=O) groups is 1. The van der Waals surface area contributed by atoms with Crippen molar-refractivity contribution in [3.63, 3.8) is 0 Å². The molecule has 0 radical (unpaired) electrons. The molecule has 220 valence electrons. The molecule has 5 rings (SSSR count). The third-order valence-corrected chi connectivity index (χ3v) is 7.44. The third-order valence-electron chi connectivity index (χ3n) is 7.44. The summed E-state index contributed by atoms with van der Waals surface area (Å²) in [6.45, 7) is 5.98. The fourth-order valence-electron chi connectivity index (χ4n) is 5.19. The Labute approximate surface area is 245 Å². The SMILES string of the molecule is Cc1c(C)n(Cc2ccc(-c3ccccc3)cc2)c2ccc(C(=O)N[C@H](C)c3c(F)cccc3C(F)(F)F)cc12.O=C=O. The van der Waals surface area contributed by atoms with E-state index in [2.05, 4.69) is 46.3 Å². The summed E-state index contributed by atoms with van der Waals surface area (Å²) in [7, 11) is 0. The number of aryl methyl sites for hydroxylation is 1. The molecule has 0 aliphatic heterocycles. The van der Waals surface area contributed by atoms with Gasteiger partial charge in [-0.2, -0.15) is 22.8 Å². The normalized spacial score (nSPS) is 11.8. The van der Waals surface area contributed by atoms with Crippen LogP contribution in [0.2, 0.25) is 0 Å². The summed E-state index contributed by atoms with van der Waals surface area (Å²) < 4.78 is 57.0. The summed E-state index contributed by atoms with van der Waals surface area (Å²) in [5.41, 5.74) is 5.02. The van der Waals surface area contributed by atoms with Crippen molar-refractivity contribution >= 4 is 23.0 Å². The van der Waals surface area contributed by atoms with Gasteiger partial charge in [0.25, 0.3) is 5.91 Å². The van der Waals surface area contributed by atoms with Crippen LogP contribution in [0, 0.1) is 19.7 Å². The lowest BCUT2D eigenvalue weighted by molar-refractivity contribution is -0.191. The van der Waals surface area contributed by atoms with E-state index in [0.717, 1.165) is 57.0 Å². The second-order valence-electron chi connectivity index (χ2n) is 10.1. The van der Waals surface area contributed by atoms with Gasteiger partial charge in [-0.15, -0.1) is 0 Å². The van der Waals surface area contributed by atoms with Crippen LogP contribution in [0.4, 0.5) is 17.6 Å². The lowest BCUT2D eigenvalue weighted by atomic mass is 9.99. The van der Waals surface area contributed by atoms with E-state index < -0.39 is 35.1 Å². The highest BCUT2D eigenvalue weighted by molar-refractivity contribution is 5.99. The number of alkyl halides is 3. The van der Waals surface area contributed by atoms with Gasteiger partial charge in [0.2, 0.25) is 0 Å². The van der Waals surface area contributed by atoms with Crippen molar-refractivity contribution in [1.82, 2.24) is 9.88 Å². The highest BCUT2D eigenvalue weighted by atomic mass is 19.4. The minimum absolute atomic E-state index is 0.250. The zero-order valence-corrected chi connectivity index (χ0v) is 23.6. The highest BCUT2D eigenvalue weighted by Crippen LogP contribution is 2.36. The fraction of sp³-hybridized carbons (Fsp3) is 0.176. The van der Waals surface area contributed by atoms with Gasteiger partial charge >= 0.3 is 12.3 Å². The number of amides is 1. The average molecular weight is 589 g/mol. The van der Waals surface area contributed by atoms with Crippen LogP contribution < -0.4 is 5.32 Å². The molecule has 1 amide bonds. The Morgan fingerprint density at radius 2 is 1.51 bits per heavy atom. The lowest BCUT2D eigenvalue weighted by Crippen LogP contribution is -2.29. The molecule has 0 bridgehead atoms. The zero-order chi connectivity index (χ0) is 31.3. The monoisotopic (exact) mass is 588 g/mol. The largest absolute Gasteiger partial charge is 0.416 e. The Morgan fingerprint density at radius 3 is 2.14 bits per heavy atom. The van der Waals surface area contributed by atoms with Gasteiger partial charge in [-0.1, -0.05) is 60.7 Å². The molecule has 5 aromatic rings. The summed E-state index contributed by atoms with van der Waals surface area (Å²) in [5, 5.41) is 3.42. The summed E-state index contributed by atoms with van der Waals surface area (Å²) in [6.07, 6.45) is -4.49. The molecule has 4 aromatic carbocycles. The molecule has 1 atom stereocenters. The fourth-order valence-corrected chi connectivity index (χ4v) is 5.19. The molecule has 1 aromatic heterocycles. The summed E-state index contributed by atoms with van der Waals surface area (Å²) in [5.74, 6) is -1.59. The van der Waals surface area contributed by atoms with Crippen LogP contribution in [-0.4, -0.2) is 16.6 Å². The van der Waals surface area contributed by atoms with Crippen LogP contribution in [0.25, 0.3) is 22.0 Å². The Morgan fingerprint density at radius 1 is 0.884 bits per heavy atom. The molecule has 0 spiro atoms. The van der Waals surface area contributed by atoms with Gasteiger partial charge in [-0.3, -0.25) is 4.79 Å². The second-order valence-corrected chi connectivity index (χ2v) is 10.1. The van der Waals surface area contributed by atoms with E-state index in [1.807, 2.05) is 38.1 Å². The predicted octanol–water partition coefficient (Wildman–Crippen LogP) is 8.04. The highest BCUT2D eigenvalue weighted by Gasteiger charge is 2.36. The number of fused-ring (bicyclic) bond motifs is 1. The van der Waals surface area contributed by atoms with Crippen molar-refractivity contribution in [2.75, 3.05) is 0 Å². The predicted molar refractivity (Wildman–Crippen MR) is 155 cm³/mol. The van der Waals surface area contributed by atoms with Crippen LogP contribution in [0.5, 0.6) is 0 Å². The smallest absolute Gasteiger partial charge is 0.345 e. The van der Waals surface area contributed by atoms with Crippen LogP contribution in [-0.2, 0) is 22.3 Å². The number of hydrogen-bond acceptors (Lipinski definition) is 3. The van der Waals surface area contributed by atoms with Crippen LogP contribution in [0.1, 0.15) is 51.3 Å². The van der Waals surface area contributed by atoms with E-state index in [9.17, 15) is 22.4 Å². The first-order chi connectivity index (χ1) is 20.5. The first-order valence-corrected chi connectivity index (χ1v) is 13.4. The maximum Gasteiger partial charge on any atom is 0.416 e. The zero-order valence-electron chi connectivity index (χ0n) is 23.6. The molecule has 0 fully saturated rings. The Bertz CT molecular complexity index is 1790. The maximum atomic E-state index is 14.4.